The number of fused-ring (bicyclic) bond motifs is 1. The van der Waals surface area contributed by atoms with Gasteiger partial charge < -0.3 is 10.2 Å². The van der Waals surface area contributed by atoms with E-state index in [9.17, 15) is 14.7 Å². The number of aromatic carboxylic acids is 2. The van der Waals surface area contributed by atoms with Crippen molar-refractivity contribution >= 4 is 23.0 Å². The van der Waals surface area contributed by atoms with Gasteiger partial charge in [0.05, 0.1) is 22.5 Å². The van der Waals surface area contributed by atoms with Gasteiger partial charge in [0.25, 0.3) is 0 Å². The summed E-state index contributed by atoms with van der Waals surface area (Å²) in [6.07, 6.45) is 2.84. The Morgan fingerprint density at radius 1 is 0.909 bits per heavy atom. The van der Waals surface area contributed by atoms with Crippen LogP contribution < -0.4 is 0 Å². The Hall–Kier alpha value is -3.35. The van der Waals surface area contributed by atoms with Gasteiger partial charge >= 0.3 is 11.9 Å². The van der Waals surface area contributed by atoms with Crippen molar-refractivity contribution in [1.29, 1.82) is 0 Å². The van der Waals surface area contributed by atoms with Gasteiger partial charge in [0.2, 0.25) is 0 Å². The highest BCUT2D eigenvalue weighted by Gasteiger charge is 2.15. The molecule has 0 spiro atoms. The predicted molar refractivity (Wildman–Crippen MR) is 76.7 cm³/mol. The minimum atomic E-state index is -1.11. The van der Waals surface area contributed by atoms with Crippen LogP contribution in [0, 0.1) is 0 Å². The van der Waals surface area contributed by atoms with Gasteiger partial charge in [-0.2, -0.15) is 0 Å². The topological polar surface area (TPSA) is 113 Å². The molecule has 7 nitrogen and oxygen atoms in total. The molecule has 0 saturated heterocycles. The molecule has 3 heterocycles. The molecule has 0 atom stereocenters. The summed E-state index contributed by atoms with van der Waals surface area (Å²) < 4.78 is 0. The summed E-state index contributed by atoms with van der Waals surface area (Å²) in [4.78, 5) is 34.8. The Bertz CT molecular complexity index is 908. The summed E-state index contributed by atoms with van der Waals surface area (Å²) in [6.45, 7) is 0. The van der Waals surface area contributed by atoms with Gasteiger partial charge in [0.1, 0.15) is 0 Å². The van der Waals surface area contributed by atoms with Crippen molar-refractivity contribution in [2.24, 2.45) is 0 Å². The van der Waals surface area contributed by atoms with Crippen LogP contribution in [0.5, 0.6) is 0 Å². The molecule has 22 heavy (non-hydrogen) atoms. The predicted octanol–water partition coefficient (Wildman–Crippen LogP) is 2.09. The summed E-state index contributed by atoms with van der Waals surface area (Å²) in [7, 11) is 0. The van der Waals surface area contributed by atoms with E-state index in [4.69, 9.17) is 5.11 Å². The van der Waals surface area contributed by atoms with E-state index in [0.717, 1.165) is 0 Å². The van der Waals surface area contributed by atoms with Gasteiger partial charge in [-0.1, -0.05) is 0 Å². The van der Waals surface area contributed by atoms with Crippen molar-refractivity contribution in [2.45, 2.75) is 0 Å². The van der Waals surface area contributed by atoms with Crippen molar-refractivity contribution in [3.05, 3.63) is 53.9 Å². The first kappa shape index (κ1) is 13.6. The first-order valence-electron chi connectivity index (χ1n) is 6.25. The van der Waals surface area contributed by atoms with Gasteiger partial charge in [-0.15, -0.1) is 0 Å². The van der Waals surface area contributed by atoms with E-state index in [1.54, 1.807) is 12.1 Å². The van der Waals surface area contributed by atoms with Gasteiger partial charge in [-0.3, -0.25) is 4.98 Å². The lowest BCUT2D eigenvalue weighted by atomic mass is 10.1. The molecule has 0 saturated carbocycles. The largest absolute Gasteiger partial charge is 0.478 e. The van der Waals surface area contributed by atoms with E-state index < -0.39 is 11.9 Å². The number of aromatic nitrogens is 3. The second-order valence-corrected chi connectivity index (χ2v) is 4.47. The molecule has 108 valence electrons. The normalized spacial score (nSPS) is 10.5. The van der Waals surface area contributed by atoms with Crippen LogP contribution in [0.2, 0.25) is 0 Å². The number of hydrogen-bond donors (Lipinski definition) is 2. The van der Waals surface area contributed by atoms with Crippen molar-refractivity contribution in [2.75, 3.05) is 0 Å². The highest BCUT2D eigenvalue weighted by Crippen LogP contribution is 2.23. The highest BCUT2D eigenvalue weighted by molar-refractivity contribution is 6.02. The summed E-state index contributed by atoms with van der Waals surface area (Å²) >= 11 is 0. The molecule has 0 unspecified atom stereocenters. The average molecular weight is 295 g/mol. The van der Waals surface area contributed by atoms with E-state index in [-0.39, 0.29) is 28.2 Å². The molecule has 2 N–H and O–H groups in total. The molecular weight excluding hydrogens is 286 g/mol. The lowest BCUT2D eigenvalue weighted by molar-refractivity contribution is 0.0687. The summed E-state index contributed by atoms with van der Waals surface area (Å²) in [5.74, 6) is -2.21. The number of hydrogen-bond acceptors (Lipinski definition) is 5. The van der Waals surface area contributed by atoms with Crippen LogP contribution in [0.15, 0.2) is 42.7 Å². The maximum absolute atomic E-state index is 11.4. The van der Waals surface area contributed by atoms with E-state index in [2.05, 4.69) is 15.0 Å². The third-order valence-electron chi connectivity index (χ3n) is 3.08. The fourth-order valence-corrected chi connectivity index (χ4v) is 2.07. The number of pyridine rings is 3. The van der Waals surface area contributed by atoms with Gasteiger partial charge in [0, 0.05) is 17.8 Å². The zero-order chi connectivity index (χ0) is 15.7. The number of carboxylic acids is 2. The summed E-state index contributed by atoms with van der Waals surface area (Å²) in [6, 6.07) is 7.29. The van der Waals surface area contributed by atoms with E-state index >= 15 is 0 Å². The van der Waals surface area contributed by atoms with E-state index in [0.29, 0.717) is 5.39 Å². The quantitative estimate of drug-likeness (QED) is 0.760. The average Bonchev–Trinajstić information content (AvgIpc) is 2.53. The Morgan fingerprint density at radius 3 is 2.45 bits per heavy atom. The van der Waals surface area contributed by atoms with Crippen LogP contribution in [-0.2, 0) is 0 Å². The summed E-state index contributed by atoms with van der Waals surface area (Å²) in [5.41, 5.74) is 0.877. The van der Waals surface area contributed by atoms with Crippen LogP contribution in [-0.4, -0.2) is 37.1 Å². The maximum atomic E-state index is 11.4. The molecule has 0 radical (unpaired) electrons. The van der Waals surface area contributed by atoms with Crippen molar-refractivity contribution in [3.8, 4) is 11.4 Å². The molecule has 0 aromatic carbocycles. The first-order valence-corrected chi connectivity index (χ1v) is 6.25. The molecule has 7 heteroatoms. The number of carboxylic acid groups (broad SMARTS) is 2. The molecule has 0 fully saturated rings. The van der Waals surface area contributed by atoms with Crippen molar-refractivity contribution in [1.82, 2.24) is 15.0 Å². The molecule has 3 aromatic rings. The third kappa shape index (κ3) is 2.35. The van der Waals surface area contributed by atoms with Crippen LogP contribution in [0.4, 0.5) is 0 Å². The molecule has 0 amide bonds. The minimum Gasteiger partial charge on any atom is -0.478 e. The number of rotatable bonds is 3. The van der Waals surface area contributed by atoms with Crippen LogP contribution in [0.25, 0.3) is 22.4 Å². The number of carbonyl (C=O) groups is 2. The lowest BCUT2D eigenvalue weighted by Crippen LogP contribution is -2.02. The van der Waals surface area contributed by atoms with Crippen molar-refractivity contribution in [3.63, 3.8) is 0 Å². The standard InChI is InChI=1S/C15H9N3O4/c19-14(20)8-3-5-16-11(6-8)12-7-10(15(21)22)9-2-1-4-17-13(9)18-12/h1-7H,(H,19,20)(H,21,22). The Kier molecular flexibility index (Phi) is 3.23. The molecule has 3 aromatic heterocycles. The second-order valence-electron chi connectivity index (χ2n) is 4.47. The Morgan fingerprint density at radius 2 is 1.73 bits per heavy atom. The fourth-order valence-electron chi connectivity index (χ4n) is 2.07. The Balaban J connectivity index is 2.25. The van der Waals surface area contributed by atoms with Crippen molar-refractivity contribution < 1.29 is 19.8 Å². The minimum absolute atomic E-state index is 0.0376. The lowest BCUT2D eigenvalue weighted by Gasteiger charge is -2.06. The second kappa shape index (κ2) is 5.21. The van der Waals surface area contributed by atoms with E-state index in [1.165, 1.54) is 30.6 Å². The monoisotopic (exact) mass is 295 g/mol. The Labute approximate surface area is 123 Å². The van der Waals surface area contributed by atoms with Crippen LogP contribution in [0.3, 0.4) is 0 Å². The fraction of sp³-hybridized carbons (Fsp3) is 0. The molecule has 3 rings (SSSR count). The third-order valence-corrected chi connectivity index (χ3v) is 3.08. The SMILES string of the molecule is O=C(O)c1ccnc(-c2cc(C(=O)O)c3cccnc3n2)c1. The maximum Gasteiger partial charge on any atom is 0.336 e. The number of nitrogens with zero attached hydrogens (tertiary/aromatic N) is 3. The molecular formula is C15H9N3O4. The van der Waals surface area contributed by atoms with Crippen LogP contribution >= 0.6 is 0 Å². The molecule has 0 aliphatic rings. The smallest absolute Gasteiger partial charge is 0.336 e. The molecule has 0 aliphatic carbocycles. The van der Waals surface area contributed by atoms with Crippen LogP contribution in [0.1, 0.15) is 20.7 Å². The van der Waals surface area contributed by atoms with Gasteiger partial charge in [-0.05, 0) is 30.3 Å². The van der Waals surface area contributed by atoms with Gasteiger partial charge in [-0.25, -0.2) is 19.6 Å². The highest BCUT2D eigenvalue weighted by atomic mass is 16.4. The summed E-state index contributed by atoms with van der Waals surface area (Å²) in [5, 5.41) is 18.8. The zero-order valence-corrected chi connectivity index (χ0v) is 11.1. The van der Waals surface area contributed by atoms with E-state index in [1.807, 2.05) is 0 Å². The van der Waals surface area contributed by atoms with Gasteiger partial charge in [0.15, 0.2) is 5.65 Å². The molecule has 0 aliphatic heterocycles. The first-order chi connectivity index (χ1) is 10.6. The zero-order valence-electron chi connectivity index (χ0n) is 11.1. The molecule has 0 bridgehead atoms.